The largest absolute Gasteiger partial charge is 0.489 e. The summed E-state index contributed by atoms with van der Waals surface area (Å²) in [5.74, 6) is 0.693. The quantitative estimate of drug-likeness (QED) is 0.706. The van der Waals surface area contributed by atoms with E-state index in [1.807, 2.05) is 59.5 Å². The van der Waals surface area contributed by atoms with Crippen LogP contribution in [0.25, 0.3) is 0 Å². The lowest BCUT2D eigenvalue weighted by Crippen LogP contribution is -3.06. The predicted molar refractivity (Wildman–Crippen MR) is 118 cm³/mol. The number of rotatable bonds is 7. The Hall–Kier alpha value is -3.32. The SMILES string of the molecule is CN1C(=O)N[C@H](c2cccc(OCc3ccccc3)c2)C2=C1CN(CC[NH+](C)C)C2=O. The number of carbonyl (C=O) groups is 2. The zero-order chi connectivity index (χ0) is 22.0. The summed E-state index contributed by atoms with van der Waals surface area (Å²) in [6.45, 7) is 2.43. The standard InChI is InChI=1S/C24H28N4O3/c1-26(2)12-13-28-15-20-21(23(28)29)22(25-24(30)27(20)3)18-10-7-11-19(14-18)31-16-17-8-5-4-6-9-17/h4-11,14,22H,12-13,15-16H2,1-3H3,(H,25,30)/p+1/t22-/m1/s1. The van der Waals surface area contributed by atoms with Crippen LogP contribution in [0.15, 0.2) is 65.9 Å². The normalized spacial score (nSPS) is 18.5. The molecule has 0 aromatic heterocycles. The number of hydrogen-bond acceptors (Lipinski definition) is 3. The summed E-state index contributed by atoms with van der Waals surface area (Å²) >= 11 is 0. The van der Waals surface area contributed by atoms with Crippen molar-refractivity contribution in [1.29, 1.82) is 0 Å². The lowest BCUT2D eigenvalue weighted by atomic mass is 9.95. The Morgan fingerprint density at radius 2 is 1.87 bits per heavy atom. The Morgan fingerprint density at radius 1 is 1.10 bits per heavy atom. The highest BCUT2D eigenvalue weighted by molar-refractivity contribution is 6.01. The molecule has 3 amide bonds. The van der Waals surface area contributed by atoms with Crippen LogP contribution in [0, 0.1) is 0 Å². The first-order valence-electron chi connectivity index (χ1n) is 10.6. The van der Waals surface area contributed by atoms with Crippen molar-refractivity contribution in [3.8, 4) is 5.75 Å². The van der Waals surface area contributed by atoms with Gasteiger partial charge in [-0.1, -0.05) is 42.5 Å². The fourth-order valence-electron chi connectivity index (χ4n) is 3.94. The van der Waals surface area contributed by atoms with Crippen LogP contribution < -0.4 is 15.0 Å². The Labute approximate surface area is 182 Å². The Morgan fingerprint density at radius 3 is 2.61 bits per heavy atom. The van der Waals surface area contributed by atoms with E-state index in [-0.39, 0.29) is 11.9 Å². The molecule has 2 aromatic rings. The van der Waals surface area contributed by atoms with Crippen LogP contribution in [-0.4, -0.2) is 62.5 Å². The topological polar surface area (TPSA) is 66.3 Å². The molecule has 0 spiro atoms. The van der Waals surface area contributed by atoms with Crippen molar-refractivity contribution < 1.29 is 19.2 Å². The highest BCUT2D eigenvalue weighted by Gasteiger charge is 2.42. The zero-order valence-electron chi connectivity index (χ0n) is 18.2. The first kappa shape index (κ1) is 20.9. The van der Waals surface area contributed by atoms with Gasteiger partial charge < -0.3 is 19.9 Å². The van der Waals surface area contributed by atoms with Crippen molar-refractivity contribution in [1.82, 2.24) is 15.1 Å². The molecule has 0 saturated heterocycles. The molecule has 0 radical (unpaired) electrons. The van der Waals surface area contributed by atoms with Gasteiger partial charge in [0.25, 0.3) is 5.91 Å². The fraction of sp³-hybridized carbons (Fsp3) is 0.333. The van der Waals surface area contributed by atoms with Gasteiger partial charge in [0.15, 0.2) is 0 Å². The van der Waals surface area contributed by atoms with Crippen LogP contribution in [0.2, 0.25) is 0 Å². The van der Waals surface area contributed by atoms with Crippen molar-refractivity contribution >= 4 is 11.9 Å². The van der Waals surface area contributed by atoms with Gasteiger partial charge in [0.1, 0.15) is 12.4 Å². The highest BCUT2D eigenvalue weighted by atomic mass is 16.5. The van der Waals surface area contributed by atoms with Crippen LogP contribution in [0.1, 0.15) is 17.2 Å². The third-order valence-electron chi connectivity index (χ3n) is 5.76. The number of nitrogens with one attached hydrogen (secondary N) is 2. The van der Waals surface area contributed by atoms with Crippen molar-refractivity contribution in [3.63, 3.8) is 0 Å². The summed E-state index contributed by atoms with van der Waals surface area (Å²) in [4.78, 5) is 30.5. The van der Waals surface area contributed by atoms with Crippen LogP contribution in [0.3, 0.4) is 0 Å². The summed E-state index contributed by atoms with van der Waals surface area (Å²) in [7, 11) is 5.85. The molecule has 2 heterocycles. The van der Waals surface area contributed by atoms with E-state index < -0.39 is 6.04 Å². The molecule has 2 N–H and O–H groups in total. The molecule has 0 aliphatic carbocycles. The minimum absolute atomic E-state index is 0.0105. The number of nitrogens with zero attached hydrogens (tertiary/aromatic N) is 2. The molecule has 1 atom stereocenters. The maximum Gasteiger partial charge on any atom is 0.322 e. The molecule has 0 fully saturated rings. The third kappa shape index (κ3) is 4.41. The monoisotopic (exact) mass is 421 g/mol. The molecule has 7 nitrogen and oxygen atoms in total. The first-order chi connectivity index (χ1) is 14.9. The smallest absolute Gasteiger partial charge is 0.322 e. The molecular weight excluding hydrogens is 392 g/mol. The molecular formula is C24H29N4O3+. The summed E-state index contributed by atoms with van der Waals surface area (Å²) in [5.41, 5.74) is 3.35. The van der Waals surface area contributed by atoms with Crippen molar-refractivity contribution in [2.24, 2.45) is 0 Å². The molecule has 2 aliphatic heterocycles. The zero-order valence-corrected chi connectivity index (χ0v) is 18.2. The van der Waals surface area contributed by atoms with E-state index in [1.165, 1.54) is 4.90 Å². The Balaban J connectivity index is 1.57. The maximum absolute atomic E-state index is 13.2. The Bertz CT molecular complexity index is 1000. The molecule has 4 rings (SSSR count). The molecule has 31 heavy (non-hydrogen) atoms. The molecule has 0 unspecified atom stereocenters. The Kier molecular flexibility index (Phi) is 5.95. The number of benzene rings is 2. The van der Waals surface area contributed by atoms with E-state index in [0.717, 1.165) is 23.4 Å². The van der Waals surface area contributed by atoms with E-state index in [1.54, 1.807) is 11.9 Å². The van der Waals surface area contributed by atoms with Crippen LogP contribution in [-0.2, 0) is 11.4 Å². The second kappa shape index (κ2) is 8.81. The third-order valence-corrected chi connectivity index (χ3v) is 5.76. The van der Waals surface area contributed by atoms with Gasteiger partial charge in [-0.3, -0.25) is 9.69 Å². The average Bonchev–Trinajstić information content (AvgIpc) is 3.11. The lowest BCUT2D eigenvalue weighted by molar-refractivity contribution is -0.857. The van der Waals surface area contributed by atoms with E-state index in [4.69, 9.17) is 4.74 Å². The van der Waals surface area contributed by atoms with E-state index in [0.29, 0.717) is 31.0 Å². The number of hydrogen-bond donors (Lipinski definition) is 2. The van der Waals surface area contributed by atoms with Gasteiger partial charge in [-0.05, 0) is 23.3 Å². The van der Waals surface area contributed by atoms with Crippen LogP contribution in [0.5, 0.6) is 5.75 Å². The molecule has 0 bridgehead atoms. The summed E-state index contributed by atoms with van der Waals surface area (Å²) in [6, 6.07) is 16.9. The second-order valence-corrected chi connectivity index (χ2v) is 8.33. The van der Waals surface area contributed by atoms with Crippen molar-refractivity contribution in [2.75, 3.05) is 40.8 Å². The number of carbonyl (C=O) groups excluding carboxylic acids is 2. The molecule has 2 aromatic carbocycles. The van der Waals surface area contributed by atoms with Crippen LogP contribution >= 0.6 is 0 Å². The molecule has 7 heteroatoms. The number of urea groups is 1. The number of amides is 3. The van der Waals surface area contributed by atoms with Gasteiger partial charge in [0.05, 0.1) is 51.0 Å². The average molecular weight is 422 g/mol. The predicted octanol–water partition coefficient (Wildman–Crippen LogP) is 1.20. The fourth-order valence-corrected chi connectivity index (χ4v) is 3.94. The summed E-state index contributed by atoms with van der Waals surface area (Å²) < 4.78 is 5.96. The second-order valence-electron chi connectivity index (χ2n) is 8.33. The minimum atomic E-state index is -0.483. The van der Waals surface area contributed by atoms with E-state index in [2.05, 4.69) is 19.4 Å². The lowest BCUT2D eigenvalue weighted by Gasteiger charge is -2.31. The van der Waals surface area contributed by atoms with E-state index in [9.17, 15) is 9.59 Å². The summed E-state index contributed by atoms with van der Waals surface area (Å²) in [5, 5.41) is 2.99. The van der Waals surface area contributed by atoms with Gasteiger partial charge in [-0.2, -0.15) is 0 Å². The number of likely N-dealkylation sites (N-methyl/N-ethyl adjacent to an activating group) is 2. The van der Waals surface area contributed by atoms with E-state index >= 15 is 0 Å². The molecule has 2 aliphatic rings. The molecule has 0 saturated carbocycles. The van der Waals surface area contributed by atoms with Crippen LogP contribution in [0.4, 0.5) is 4.79 Å². The van der Waals surface area contributed by atoms with Gasteiger partial charge in [0.2, 0.25) is 0 Å². The number of quaternary nitrogens is 1. The van der Waals surface area contributed by atoms with Crippen molar-refractivity contribution in [3.05, 3.63) is 77.0 Å². The van der Waals surface area contributed by atoms with Gasteiger partial charge in [-0.15, -0.1) is 0 Å². The van der Waals surface area contributed by atoms with Gasteiger partial charge in [0, 0.05) is 7.05 Å². The van der Waals surface area contributed by atoms with Crippen molar-refractivity contribution in [2.45, 2.75) is 12.6 Å². The highest BCUT2D eigenvalue weighted by Crippen LogP contribution is 2.36. The van der Waals surface area contributed by atoms with Gasteiger partial charge in [-0.25, -0.2) is 4.79 Å². The minimum Gasteiger partial charge on any atom is -0.489 e. The number of ether oxygens (including phenoxy) is 1. The molecule has 162 valence electrons. The first-order valence-corrected chi connectivity index (χ1v) is 10.6. The maximum atomic E-state index is 13.2. The van der Waals surface area contributed by atoms with Gasteiger partial charge >= 0.3 is 6.03 Å². The summed E-state index contributed by atoms with van der Waals surface area (Å²) in [6.07, 6.45) is 0.